The first-order chi connectivity index (χ1) is 18.3. The van der Waals surface area contributed by atoms with Gasteiger partial charge in [0.1, 0.15) is 5.65 Å². The third-order valence-corrected chi connectivity index (χ3v) is 7.40. The molecule has 3 heterocycles. The second kappa shape index (κ2) is 12.4. The first-order valence-electron chi connectivity index (χ1n) is 13.3. The van der Waals surface area contributed by atoms with Gasteiger partial charge in [-0.1, -0.05) is 37.1 Å². The summed E-state index contributed by atoms with van der Waals surface area (Å²) >= 11 is 6.09. The Bertz CT molecular complexity index is 1240. The number of aromatic amines is 1. The Balaban J connectivity index is 1.51. The number of H-pyrrole nitrogens is 1. The van der Waals surface area contributed by atoms with Crippen molar-refractivity contribution in [2.24, 2.45) is 0 Å². The molecule has 38 heavy (non-hydrogen) atoms. The van der Waals surface area contributed by atoms with Crippen molar-refractivity contribution in [1.82, 2.24) is 19.8 Å². The van der Waals surface area contributed by atoms with Crippen molar-refractivity contribution in [2.45, 2.75) is 45.6 Å². The molecular formula is C28H37ClN6O3. The Kier molecular flexibility index (Phi) is 8.99. The van der Waals surface area contributed by atoms with Crippen LogP contribution in [0.4, 0.5) is 16.2 Å². The number of hydrogen-bond acceptors (Lipinski definition) is 5. The zero-order chi connectivity index (χ0) is 27.2. The third kappa shape index (κ3) is 6.15. The number of benzene rings is 1. The van der Waals surface area contributed by atoms with Gasteiger partial charge in [-0.05, 0) is 44.0 Å². The molecule has 1 aliphatic rings. The fraction of sp³-hybridized carbons (Fsp3) is 0.464. The van der Waals surface area contributed by atoms with E-state index >= 15 is 0 Å². The Morgan fingerprint density at radius 2 is 1.87 bits per heavy atom. The van der Waals surface area contributed by atoms with Crippen LogP contribution >= 0.6 is 11.6 Å². The van der Waals surface area contributed by atoms with Crippen molar-refractivity contribution in [3.8, 4) is 0 Å². The lowest BCUT2D eigenvalue weighted by atomic mass is 9.96. The summed E-state index contributed by atoms with van der Waals surface area (Å²) in [6, 6.07) is 8.90. The van der Waals surface area contributed by atoms with E-state index in [1.807, 2.05) is 49.3 Å². The van der Waals surface area contributed by atoms with E-state index in [-0.39, 0.29) is 18.5 Å². The van der Waals surface area contributed by atoms with Gasteiger partial charge in [-0.25, -0.2) is 9.78 Å². The molecule has 2 amide bonds. The maximum Gasteiger partial charge on any atom is 0.407 e. The minimum atomic E-state index is -1.03. The lowest BCUT2D eigenvalue weighted by Crippen LogP contribution is -2.52. The number of halogens is 1. The highest BCUT2D eigenvalue weighted by molar-refractivity contribution is 6.30. The van der Waals surface area contributed by atoms with Crippen LogP contribution in [0.25, 0.3) is 11.0 Å². The van der Waals surface area contributed by atoms with Gasteiger partial charge >= 0.3 is 6.09 Å². The number of anilines is 2. The molecular weight excluding hydrogens is 504 g/mol. The van der Waals surface area contributed by atoms with E-state index in [9.17, 15) is 14.7 Å². The normalized spacial score (nSPS) is 14.7. The minimum Gasteiger partial charge on any atom is -0.465 e. The first kappa shape index (κ1) is 27.6. The molecule has 0 bridgehead atoms. The van der Waals surface area contributed by atoms with Gasteiger partial charge in [0, 0.05) is 62.7 Å². The van der Waals surface area contributed by atoms with Crippen LogP contribution in [0.15, 0.2) is 42.7 Å². The zero-order valence-corrected chi connectivity index (χ0v) is 23.0. The van der Waals surface area contributed by atoms with Gasteiger partial charge in [-0.15, -0.1) is 0 Å². The molecule has 1 atom stereocenters. The number of rotatable bonds is 10. The van der Waals surface area contributed by atoms with Crippen LogP contribution in [0.3, 0.4) is 0 Å². The summed E-state index contributed by atoms with van der Waals surface area (Å²) in [6.45, 7) is 9.23. The van der Waals surface area contributed by atoms with E-state index in [0.717, 1.165) is 47.4 Å². The quantitative estimate of drug-likeness (QED) is 0.303. The van der Waals surface area contributed by atoms with Gasteiger partial charge in [0.05, 0.1) is 22.7 Å². The third-order valence-electron chi connectivity index (χ3n) is 7.15. The number of aromatic nitrogens is 2. The number of pyridine rings is 1. The first-order valence-corrected chi connectivity index (χ1v) is 13.7. The average Bonchev–Trinajstić information content (AvgIpc) is 3.33. The number of nitrogens with zero attached hydrogens (tertiary/aromatic N) is 4. The van der Waals surface area contributed by atoms with Gasteiger partial charge in [0.15, 0.2) is 0 Å². The van der Waals surface area contributed by atoms with Crippen molar-refractivity contribution in [2.75, 3.05) is 49.5 Å². The van der Waals surface area contributed by atoms with E-state index in [0.29, 0.717) is 31.2 Å². The number of hydrogen-bond donors (Lipinski definition) is 3. The van der Waals surface area contributed by atoms with Gasteiger partial charge in [-0.3, -0.25) is 4.79 Å². The Hall–Kier alpha value is -3.46. The van der Waals surface area contributed by atoms with E-state index in [4.69, 9.17) is 11.6 Å². The minimum absolute atomic E-state index is 0.0673. The monoisotopic (exact) mass is 540 g/mol. The largest absolute Gasteiger partial charge is 0.465 e. The highest BCUT2D eigenvalue weighted by Crippen LogP contribution is 2.33. The number of carbonyl (C=O) groups is 2. The number of amides is 2. The number of carboxylic acid groups (broad SMARTS) is 1. The molecule has 1 unspecified atom stereocenters. The van der Waals surface area contributed by atoms with Crippen LogP contribution in [0.1, 0.15) is 45.1 Å². The van der Waals surface area contributed by atoms with E-state index in [1.165, 1.54) is 4.90 Å². The summed E-state index contributed by atoms with van der Waals surface area (Å²) in [4.78, 5) is 39.0. The maximum atomic E-state index is 13.8. The number of carbonyl (C=O) groups excluding carboxylic acids is 1. The van der Waals surface area contributed by atoms with E-state index in [2.05, 4.69) is 27.1 Å². The van der Waals surface area contributed by atoms with Crippen LogP contribution in [-0.2, 0) is 4.79 Å². The highest BCUT2D eigenvalue weighted by atomic mass is 35.5. The standard InChI is InChI=1S/C28H37ClN6O3/c1-4-5-11-30-23-17-32-26-25(23)24(10-12-31-26)33-13-15-34(16-14-33)27(36)22(18-35(19(2)3)28(37)38)20-6-8-21(29)9-7-20/h6-10,12,17,19,22,30H,4-5,11,13-16,18H2,1-3H3,(H,31,32)(H,37,38). The fourth-order valence-electron chi connectivity index (χ4n) is 4.96. The molecule has 0 radical (unpaired) electrons. The molecule has 204 valence electrons. The van der Waals surface area contributed by atoms with Crippen LogP contribution in [0.5, 0.6) is 0 Å². The molecule has 9 nitrogen and oxygen atoms in total. The number of piperazine rings is 1. The molecule has 10 heteroatoms. The molecule has 3 N–H and O–H groups in total. The lowest BCUT2D eigenvalue weighted by molar-refractivity contribution is -0.133. The van der Waals surface area contributed by atoms with Crippen molar-refractivity contribution in [3.05, 3.63) is 53.3 Å². The summed E-state index contributed by atoms with van der Waals surface area (Å²) in [5, 5.41) is 14.9. The molecule has 4 rings (SSSR count). The zero-order valence-electron chi connectivity index (χ0n) is 22.3. The summed E-state index contributed by atoms with van der Waals surface area (Å²) in [7, 11) is 0. The van der Waals surface area contributed by atoms with E-state index < -0.39 is 12.0 Å². The number of unbranched alkanes of at least 4 members (excludes halogenated alkanes) is 1. The van der Waals surface area contributed by atoms with Gasteiger partial charge in [0.25, 0.3) is 0 Å². The topological polar surface area (TPSA) is 105 Å². The molecule has 1 aromatic carbocycles. The summed E-state index contributed by atoms with van der Waals surface area (Å²) in [5.74, 6) is -0.675. The summed E-state index contributed by atoms with van der Waals surface area (Å²) in [6.07, 6.45) is 4.96. The van der Waals surface area contributed by atoms with Crippen molar-refractivity contribution in [3.63, 3.8) is 0 Å². The SMILES string of the molecule is CCCCNc1c[nH]c2nccc(N3CCN(C(=O)C(CN(C(=O)O)C(C)C)c4ccc(Cl)cc4)CC3)c12. The number of nitrogens with one attached hydrogen (secondary N) is 2. The smallest absolute Gasteiger partial charge is 0.407 e. The van der Waals surface area contributed by atoms with Crippen molar-refractivity contribution < 1.29 is 14.7 Å². The van der Waals surface area contributed by atoms with Gasteiger partial charge in [-0.2, -0.15) is 0 Å². The molecule has 1 saturated heterocycles. The Morgan fingerprint density at radius 1 is 1.16 bits per heavy atom. The lowest BCUT2D eigenvalue weighted by Gasteiger charge is -2.39. The molecule has 1 fully saturated rings. The average molecular weight is 541 g/mol. The molecule has 3 aromatic rings. The second-order valence-electron chi connectivity index (χ2n) is 9.98. The van der Waals surface area contributed by atoms with Gasteiger partial charge < -0.3 is 30.1 Å². The van der Waals surface area contributed by atoms with Crippen LogP contribution in [-0.4, -0.2) is 82.2 Å². The molecule has 1 aliphatic heterocycles. The molecule has 0 saturated carbocycles. The second-order valence-corrected chi connectivity index (χ2v) is 10.4. The predicted molar refractivity (Wildman–Crippen MR) is 152 cm³/mol. The summed E-state index contributed by atoms with van der Waals surface area (Å²) < 4.78 is 0. The Labute approximate surface area is 228 Å². The van der Waals surface area contributed by atoms with Crippen molar-refractivity contribution >= 4 is 46.0 Å². The predicted octanol–water partition coefficient (Wildman–Crippen LogP) is 5.25. The van der Waals surface area contributed by atoms with Crippen LogP contribution in [0, 0.1) is 0 Å². The fourth-order valence-corrected chi connectivity index (χ4v) is 5.08. The summed E-state index contributed by atoms with van der Waals surface area (Å²) in [5.41, 5.74) is 3.73. The van der Waals surface area contributed by atoms with Crippen LogP contribution in [0.2, 0.25) is 5.02 Å². The van der Waals surface area contributed by atoms with Gasteiger partial charge in [0.2, 0.25) is 5.91 Å². The van der Waals surface area contributed by atoms with Crippen LogP contribution < -0.4 is 10.2 Å². The highest BCUT2D eigenvalue weighted by Gasteiger charge is 2.32. The van der Waals surface area contributed by atoms with E-state index in [1.54, 1.807) is 12.1 Å². The molecule has 0 aliphatic carbocycles. The van der Waals surface area contributed by atoms with Crippen molar-refractivity contribution in [1.29, 1.82) is 0 Å². The molecule has 2 aromatic heterocycles. The number of fused-ring (bicyclic) bond motifs is 1. The Morgan fingerprint density at radius 3 is 2.50 bits per heavy atom. The molecule has 0 spiro atoms. The maximum absolute atomic E-state index is 13.8.